The van der Waals surface area contributed by atoms with E-state index in [0.717, 1.165) is 11.0 Å². The standard InChI is InChI=1S/C66H102N14O25/c1-75(32-51-71-42-9-5-6-10-43(42)72-51)65(103)39-11-12-41-40(27-39)31-80(66(104)46(70-41)28-58(96)105-2)18-8-4-3-7-17-67-63(101)44(13-15-52(87)68-29-47(83)59(97)61(99)49(85)37-81)74-64(102)45(14-16-53(88)69-30-48(84)60(98)62(100)50(86)38-82)73-54(89)33-76-19-21-77(34-55(90)91)23-25-79(36-57(94)95)26-24-78(22-20-76)35-56(92)93/h5-6,9-12,27,44-50,59-62,70,81-86,97-100H,3-4,7-8,13-26,28-38H2,1-2H3,(H,67,101)(H,68,87)(H,69,88)(H,71,72)(H,73,89)(H,74,102)(H,90,91)(H,92,93)(H,94,95)/t44-,45-,46?,47-,48+,49+,50-,59+,60-,61+,62-/m0/s1. The van der Waals surface area contributed by atoms with E-state index in [-0.39, 0.29) is 90.9 Å². The zero-order valence-corrected chi connectivity index (χ0v) is 58.7. The summed E-state index contributed by atoms with van der Waals surface area (Å²) in [5.41, 5.74) is 3.01. The number of rotatable bonds is 42. The number of methoxy groups -OCH3 is 1. The summed E-state index contributed by atoms with van der Waals surface area (Å²) in [4.78, 5) is 163. The molecule has 0 spiro atoms. The number of benzene rings is 2. The number of imidazole rings is 1. The molecule has 1 fully saturated rings. The molecule has 0 radical (unpaired) electrons. The molecule has 5 rings (SSSR count). The van der Waals surface area contributed by atoms with Gasteiger partial charge in [0.25, 0.3) is 5.91 Å². The normalized spacial score (nSPS) is 18.1. The third-order valence-corrected chi connectivity index (χ3v) is 17.7. The highest BCUT2D eigenvalue weighted by atomic mass is 16.5. The second kappa shape index (κ2) is 44.3. The molecule has 1 saturated heterocycles. The number of aliphatic carboxylic acids is 3. The predicted molar refractivity (Wildman–Crippen MR) is 369 cm³/mol. The Kier molecular flexibility index (Phi) is 36.7. The number of aromatic amines is 1. The minimum atomic E-state index is -2.07. The number of nitrogens with zero attached hydrogens (tertiary/aromatic N) is 7. The van der Waals surface area contributed by atoms with Crippen molar-refractivity contribution in [3.8, 4) is 0 Å². The summed E-state index contributed by atoms with van der Waals surface area (Å²) in [6.45, 7) is -4.85. The van der Waals surface area contributed by atoms with E-state index in [1.165, 1.54) is 31.6 Å². The quantitative estimate of drug-likeness (QED) is 0.0185. The van der Waals surface area contributed by atoms with Crippen molar-refractivity contribution < 1.29 is 124 Å². The second-order valence-electron chi connectivity index (χ2n) is 25.9. The van der Waals surface area contributed by atoms with E-state index in [1.807, 2.05) is 24.3 Å². The molecule has 2 aliphatic heterocycles. The molecule has 105 heavy (non-hydrogen) atoms. The molecule has 0 aliphatic carbocycles. The maximum absolute atomic E-state index is 14.6. The monoisotopic (exact) mass is 1490 g/mol. The number of unbranched alkanes of at least 4 members (excludes halogenated alkanes) is 3. The van der Waals surface area contributed by atoms with Gasteiger partial charge >= 0.3 is 23.9 Å². The Bertz CT molecular complexity index is 3290. The van der Waals surface area contributed by atoms with Crippen LogP contribution in [0.3, 0.4) is 0 Å². The average Bonchev–Trinajstić information content (AvgIpc) is 1.79. The molecule has 2 aliphatic rings. The van der Waals surface area contributed by atoms with Crippen LogP contribution < -0.4 is 31.9 Å². The lowest BCUT2D eigenvalue weighted by molar-refractivity contribution is -0.144. The van der Waals surface area contributed by atoms with Crippen LogP contribution in [0.2, 0.25) is 0 Å². The van der Waals surface area contributed by atoms with Crippen LogP contribution in [-0.4, -0.2) is 370 Å². The number of amides is 7. The number of carbonyl (C=O) groups excluding carboxylic acids is 8. The summed E-state index contributed by atoms with van der Waals surface area (Å²) in [5, 5.41) is 144. The van der Waals surface area contributed by atoms with E-state index in [9.17, 15) is 119 Å². The fourth-order valence-electron chi connectivity index (χ4n) is 11.6. The maximum atomic E-state index is 14.6. The van der Waals surface area contributed by atoms with E-state index in [0.29, 0.717) is 48.3 Å². The van der Waals surface area contributed by atoms with Gasteiger partial charge in [-0.2, -0.15) is 0 Å². The van der Waals surface area contributed by atoms with Crippen LogP contribution in [-0.2, 0) is 65.8 Å². The van der Waals surface area contributed by atoms with Crippen LogP contribution >= 0.6 is 0 Å². The van der Waals surface area contributed by atoms with Gasteiger partial charge in [-0.15, -0.1) is 0 Å². The van der Waals surface area contributed by atoms with Crippen molar-refractivity contribution in [2.24, 2.45) is 0 Å². The fourth-order valence-corrected chi connectivity index (χ4v) is 11.6. The van der Waals surface area contributed by atoms with Crippen molar-refractivity contribution in [1.29, 1.82) is 0 Å². The van der Waals surface area contributed by atoms with Gasteiger partial charge in [-0.25, -0.2) is 4.98 Å². The van der Waals surface area contributed by atoms with E-state index in [2.05, 4.69) is 41.9 Å². The lowest BCUT2D eigenvalue weighted by Crippen LogP contribution is -2.56. The van der Waals surface area contributed by atoms with E-state index in [4.69, 9.17) is 4.74 Å². The largest absolute Gasteiger partial charge is 0.480 e. The maximum Gasteiger partial charge on any atom is 0.317 e. The van der Waals surface area contributed by atoms with Crippen LogP contribution in [0.4, 0.5) is 5.69 Å². The Balaban J connectivity index is 1.33. The van der Waals surface area contributed by atoms with Crippen LogP contribution in [0.5, 0.6) is 0 Å². The smallest absolute Gasteiger partial charge is 0.317 e. The summed E-state index contributed by atoms with van der Waals surface area (Å²) in [5.74, 6) is -9.04. The highest BCUT2D eigenvalue weighted by Crippen LogP contribution is 2.27. The van der Waals surface area contributed by atoms with Gasteiger partial charge in [-0.3, -0.25) is 72.3 Å². The van der Waals surface area contributed by atoms with Crippen LogP contribution in [0.25, 0.3) is 11.0 Å². The predicted octanol–water partition coefficient (Wildman–Crippen LogP) is -7.69. The number of nitrogens with one attached hydrogen (secondary N) is 7. The molecule has 7 amide bonds. The number of para-hydroxylation sites is 2. The highest BCUT2D eigenvalue weighted by Gasteiger charge is 2.36. The van der Waals surface area contributed by atoms with Gasteiger partial charge in [-0.1, -0.05) is 25.0 Å². The van der Waals surface area contributed by atoms with Crippen molar-refractivity contribution in [2.45, 2.75) is 138 Å². The lowest BCUT2D eigenvalue weighted by atomic mass is 10.0. The zero-order valence-electron chi connectivity index (χ0n) is 58.7. The Morgan fingerprint density at radius 2 is 1.09 bits per heavy atom. The lowest BCUT2D eigenvalue weighted by Gasteiger charge is -2.33. The molecule has 586 valence electrons. The number of H-pyrrole nitrogens is 1. The van der Waals surface area contributed by atoms with Crippen molar-refractivity contribution >= 4 is 81.9 Å². The number of aromatic nitrogens is 2. The summed E-state index contributed by atoms with van der Waals surface area (Å²) in [6.07, 6.45) is -16.7. The molecule has 20 N–H and O–H groups in total. The van der Waals surface area contributed by atoms with Gasteiger partial charge in [0.05, 0.1) is 82.7 Å². The number of anilines is 1. The number of hydrogen-bond acceptors (Lipinski definition) is 28. The van der Waals surface area contributed by atoms with Gasteiger partial charge in [0.1, 0.15) is 60.6 Å². The molecular formula is C66H102N14O25. The van der Waals surface area contributed by atoms with Gasteiger partial charge in [0.2, 0.25) is 35.4 Å². The first-order valence-corrected chi connectivity index (χ1v) is 34.5. The van der Waals surface area contributed by atoms with Crippen molar-refractivity contribution in [1.82, 2.24) is 66.0 Å². The van der Waals surface area contributed by atoms with Crippen LogP contribution in [0.15, 0.2) is 42.5 Å². The SMILES string of the molecule is COC(=O)CC1Nc2ccc(C(=O)N(C)Cc3nc4ccccc4[nH]3)cc2CN(CCCCCCNC(=O)[C@H](CCC(=O)NC[C@H](O)[C@@H](O)[C@H](O)[C@H](O)CO)NC(=O)[C@H](CCC(=O)NC[C@@H](O)[C@H](O)[C@@H](O)[C@@H](O)CO)NC(=O)CN2CCN(CC(=O)O)CCN(CC(=O)O)CCN(CC(=O)O)CC2)C1=O. The third kappa shape index (κ3) is 29.7. The molecule has 3 aromatic rings. The van der Waals surface area contributed by atoms with Gasteiger partial charge in [0.15, 0.2) is 0 Å². The molecule has 39 nitrogen and oxygen atoms in total. The first-order chi connectivity index (χ1) is 49.9. The average molecular weight is 1490 g/mol. The number of aliphatic hydroxyl groups is 10. The number of carboxylic acids is 3. The number of aliphatic hydroxyl groups excluding tert-OH is 10. The molecule has 2 aromatic carbocycles. The number of fused-ring (bicyclic) bond motifs is 2. The number of esters is 1. The number of carboxylic acid groups (broad SMARTS) is 3. The molecule has 3 heterocycles. The van der Waals surface area contributed by atoms with Crippen molar-refractivity contribution in [2.75, 3.05) is 137 Å². The molecule has 1 aromatic heterocycles. The third-order valence-electron chi connectivity index (χ3n) is 17.7. The minimum Gasteiger partial charge on any atom is -0.480 e. The van der Waals surface area contributed by atoms with Crippen LogP contribution in [0.1, 0.15) is 79.5 Å². The topological polar surface area (TPSA) is 580 Å². The first-order valence-electron chi connectivity index (χ1n) is 34.5. The summed E-state index contributed by atoms with van der Waals surface area (Å²) >= 11 is 0. The Hall–Kier alpha value is -8.68. The van der Waals surface area contributed by atoms with Gasteiger partial charge in [0, 0.05) is 116 Å². The Labute approximate surface area is 604 Å². The Morgan fingerprint density at radius 1 is 0.600 bits per heavy atom. The van der Waals surface area contributed by atoms with E-state index in [1.54, 1.807) is 30.1 Å². The number of hydrogen-bond donors (Lipinski definition) is 20. The molecule has 0 bridgehead atoms. The minimum absolute atomic E-state index is 0.0101. The van der Waals surface area contributed by atoms with Crippen molar-refractivity contribution in [3.63, 3.8) is 0 Å². The summed E-state index contributed by atoms with van der Waals surface area (Å²) in [7, 11) is 2.83. The van der Waals surface area contributed by atoms with E-state index >= 15 is 0 Å². The highest BCUT2D eigenvalue weighted by molar-refractivity contribution is 5.96. The number of carbonyl (C=O) groups is 11. The van der Waals surface area contributed by atoms with Gasteiger partial charge < -0.3 is 118 Å². The van der Waals surface area contributed by atoms with Crippen LogP contribution in [0, 0.1) is 0 Å². The summed E-state index contributed by atoms with van der Waals surface area (Å²) < 4.78 is 4.90. The Morgan fingerprint density at radius 3 is 1.58 bits per heavy atom. The molecule has 1 unspecified atom stereocenters. The number of ether oxygens (including phenoxy) is 1. The molecule has 0 saturated carbocycles. The summed E-state index contributed by atoms with van der Waals surface area (Å²) in [6, 6.07) is 8.04. The van der Waals surface area contributed by atoms with Gasteiger partial charge in [-0.05, 0) is 61.6 Å². The van der Waals surface area contributed by atoms with E-state index < -0.39 is 204 Å². The fraction of sp³-hybridized carbons (Fsp3) is 0.636. The molecule has 11 atom stereocenters. The second-order valence-corrected chi connectivity index (χ2v) is 25.9. The molecular weight excluding hydrogens is 1390 g/mol. The zero-order chi connectivity index (χ0) is 77.4. The first kappa shape index (κ1) is 87.0. The molecule has 39 heteroatoms. The van der Waals surface area contributed by atoms with Crippen molar-refractivity contribution in [3.05, 3.63) is 59.4 Å².